The first-order chi connectivity index (χ1) is 9.55. The number of rotatable bonds is 10. The summed E-state index contributed by atoms with van der Waals surface area (Å²) >= 11 is 6.06. The zero-order chi connectivity index (χ0) is 15.0. The minimum Gasteiger partial charge on any atom is -0.245 e. The molecule has 0 aromatic carbocycles. The van der Waals surface area contributed by atoms with Crippen molar-refractivity contribution in [2.24, 2.45) is 0 Å². The lowest BCUT2D eigenvalue weighted by molar-refractivity contribution is 0.228. The molecule has 116 valence electrons. The van der Waals surface area contributed by atoms with Gasteiger partial charge >= 0.3 is 0 Å². The molecule has 0 bridgehead atoms. The van der Waals surface area contributed by atoms with E-state index < -0.39 is 5.82 Å². The SMILES string of the molecule is CCCCCCCC(C)(CCCC)n1ncc(F)c1Cl. The summed E-state index contributed by atoms with van der Waals surface area (Å²) in [5.74, 6) is -0.416. The summed E-state index contributed by atoms with van der Waals surface area (Å²) < 4.78 is 15.2. The smallest absolute Gasteiger partial charge is 0.180 e. The van der Waals surface area contributed by atoms with Crippen LogP contribution < -0.4 is 0 Å². The van der Waals surface area contributed by atoms with E-state index in [0.717, 1.165) is 32.1 Å². The average molecular weight is 303 g/mol. The van der Waals surface area contributed by atoms with Crippen molar-refractivity contribution in [2.45, 2.75) is 84.1 Å². The van der Waals surface area contributed by atoms with Crippen molar-refractivity contribution in [3.63, 3.8) is 0 Å². The Bertz CT molecular complexity index is 392. The second-order valence-electron chi connectivity index (χ2n) is 5.96. The highest BCUT2D eigenvalue weighted by atomic mass is 35.5. The molecule has 0 saturated carbocycles. The van der Waals surface area contributed by atoms with E-state index in [0.29, 0.717) is 0 Å². The van der Waals surface area contributed by atoms with Crippen LogP contribution in [0.4, 0.5) is 4.39 Å². The van der Waals surface area contributed by atoms with Crippen LogP contribution in [0, 0.1) is 5.82 Å². The topological polar surface area (TPSA) is 17.8 Å². The van der Waals surface area contributed by atoms with Crippen molar-refractivity contribution in [1.29, 1.82) is 0 Å². The third-order valence-electron chi connectivity index (χ3n) is 4.07. The van der Waals surface area contributed by atoms with Crippen LogP contribution in [-0.2, 0) is 5.54 Å². The van der Waals surface area contributed by atoms with Gasteiger partial charge < -0.3 is 0 Å². The predicted octanol–water partition coefficient (Wildman–Crippen LogP) is 5.94. The first kappa shape index (κ1) is 17.5. The second kappa shape index (κ2) is 8.66. The van der Waals surface area contributed by atoms with Crippen LogP contribution in [0.3, 0.4) is 0 Å². The Balaban J connectivity index is 2.68. The second-order valence-corrected chi connectivity index (χ2v) is 6.32. The minimum atomic E-state index is -0.416. The van der Waals surface area contributed by atoms with Gasteiger partial charge in [-0.05, 0) is 19.8 Å². The average Bonchev–Trinajstić information content (AvgIpc) is 2.77. The Kier molecular flexibility index (Phi) is 7.57. The largest absolute Gasteiger partial charge is 0.245 e. The maximum atomic E-state index is 13.5. The van der Waals surface area contributed by atoms with Crippen LogP contribution >= 0.6 is 11.6 Å². The molecule has 1 heterocycles. The van der Waals surface area contributed by atoms with Crippen molar-refractivity contribution in [3.05, 3.63) is 17.2 Å². The zero-order valence-electron chi connectivity index (χ0n) is 13.1. The lowest BCUT2D eigenvalue weighted by Gasteiger charge is -2.31. The van der Waals surface area contributed by atoms with E-state index in [9.17, 15) is 4.39 Å². The van der Waals surface area contributed by atoms with Gasteiger partial charge in [-0.15, -0.1) is 0 Å². The van der Waals surface area contributed by atoms with Gasteiger partial charge in [-0.25, -0.2) is 9.07 Å². The number of nitrogens with zero attached hydrogens (tertiary/aromatic N) is 2. The van der Waals surface area contributed by atoms with Crippen LogP contribution in [0.1, 0.15) is 78.6 Å². The summed E-state index contributed by atoms with van der Waals surface area (Å²) in [6, 6.07) is 0. The molecule has 0 saturated heterocycles. The van der Waals surface area contributed by atoms with Gasteiger partial charge in [0, 0.05) is 0 Å². The molecule has 0 aliphatic carbocycles. The molecule has 1 aromatic rings. The summed E-state index contributed by atoms with van der Waals surface area (Å²) in [5, 5.41) is 4.32. The number of hydrogen-bond donors (Lipinski definition) is 0. The van der Waals surface area contributed by atoms with Crippen molar-refractivity contribution < 1.29 is 4.39 Å². The molecule has 0 radical (unpaired) electrons. The van der Waals surface area contributed by atoms with E-state index >= 15 is 0 Å². The highest BCUT2D eigenvalue weighted by Gasteiger charge is 2.29. The fraction of sp³-hybridized carbons (Fsp3) is 0.812. The molecule has 0 amide bonds. The Morgan fingerprint density at radius 3 is 2.25 bits per heavy atom. The van der Waals surface area contributed by atoms with Crippen LogP contribution in [0.5, 0.6) is 0 Å². The molecule has 1 rings (SSSR count). The van der Waals surface area contributed by atoms with Gasteiger partial charge in [-0.3, -0.25) is 0 Å². The van der Waals surface area contributed by atoms with E-state index in [-0.39, 0.29) is 10.7 Å². The first-order valence-electron chi connectivity index (χ1n) is 7.94. The molecule has 1 atom stereocenters. The van der Waals surface area contributed by atoms with Crippen LogP contribution in [0.25, 0.3) is 0 Å². The Hall–Kier alpha value is -0.570. The van der Waals surface area contributed by atoms with Crippen molar-refractivity contribution >= 4 is 11.6 Å². The number of unbranched alkanes of at least 4 members (excludes halogenated alkanes) is 5. The lowest BCUT2D eigenvalue weighted by Crippen LogP contribution is -2.31. The van der Waals surface area contributed by atoms with E-state index in [1.54, 1.807) is 4.68 Å². The molecule has 0 N–H and O–H groups in total. The standard InChI is InChI=1S/C16H28ClFN2/c1-4-6-8-9-10-12-16(3,11-7-5-2)20-15(17)14(18)13-19-20/h13H,4-12H2,1-3H3. The van der Waals surface area contributed by atoms with E-state index in [1.165, 1.54) is 31.9 Å². The monoisotopic (exact) mass is 302 g/mol. The van der Waals surface area contributed by atoms with Gasteiger partial charge in [0.15, 0.2) is 11.0 Å². The summed E-state index contributed by atoms with van der Waals surface area (Å²) in [5.41, 5.74) is -0.163. The summed E-state index contributed by atoms with van der Waals surface area (Å²) in [7, 11) is 0. The van der Waals surface area contributed by atoms with E-state index in [1.807, 2.05) is 0 Å². The van der Waals surface area contributed by atoms with Gasteiger partial charge in [-0.2, -0.15) is 5.10 Å². The first-order valence-corrected chi connectivity index (χ1v) is 8.32. The Morgan fingerprint density at radius 1 is 1.10 bits per heavy atom. The number of hydrogen-bond acceptors (Lipinski definition) is 1. The highest BCUT2D eigenvalue weighted by molar-refractivity contribution is 6.29. The molecule has 1 unspecified atom stereocenters. The molecule has 0 aliphatic heterocycles. The van der Waals surface area contributed by atoms with Gasteiger partial charge in [0.05, 0.1) is 11.7 Å². The minimum absolute atomic E-state index is 0.150. The molecule has 0 aliphatic rings. The van der Waals surface area contributed by atoms with Crippen molar-refractivity contribution in [3.8, 4) is 0 Å². The zero-order valence-corrected chi connectivity index (χ0v) is 13.8. The highest BCUT2D eigenvalue weighted by Crippen LogP contribution is 2.33. The van der Waals surface area contributed by atoms with E-state index in [2.05, 4.69) is 25.9 Å². The maximum Gasteiger partial charge on any atom is 0.180 e. The van der Waals surface area contributed by atoms with Gasteiger partial charge in [0.1, 0.15) is 0 Å². The van der Waals surface area contributed by atoms with Gasteiger partial charge in [-0.1, -0.05) is 70.4 Å². The molecule has 0 spiro atoms. The molecule has 4 heteroatoms. The van der Waals surface area contributed by atoms with Crippen LogP contribution in [-0.4, -0.2) is 9.78 Å². The predicted molar refractivity (Wildman–Crippen MR) is 83.7 cm³/mol. The summed E-state index contributed by atoms with van der Waals surface area (Å²) in [6.45, 7) is 6.55. The third kappa shape index (κ3) is 4.76. The van der Waals surface area contributed by atoms with Gasteiger partial charge in [0.2, 0.25) is 0 Å². The fourth-order valence-corrected chi connectivity index (χ4v) is 2.99. The summed E-state index contributed by atoms with van der Waals surface area (Å²) in [4.78, 5) is 0. The third-order valence-corrected chi connectivity index (χ3v) is 4.41. The Labute approximate surface area is 127 Å². The molecular formula is C16H28ClFN2. The van der Waals surface area contributed by atoms with E-state index in [4.69, 9.17) is 11.6 Å². The molecule has 20 heavy (non-hydrogen) atoms. The van der Waals surface area contributed by atoms with Crippen LogP contribution in [0.15, 0.2) is 6.20 Å². The molecule has 2 nitrogen and oxygen atoms in total. The molecule has 1 aromatic heterocycles. The normalized spacial score (nSPS) is 14.4. The lowest BCUT2D eigenvalue weighted by atomic mass is 9.88. The van der Waals surface area contributed by atoms with Gasteiger partial charge in [0.25, 0.3) is 0 Å². The van der Waals surface area contributed by atoms with Crippen LogP contribution in [0.2, 0.25) is 5.15 Å². The quantitative estimate of drug-likeness (QED) is 0.489. The molecular weight excluding hydrogens is 275 g/mol. The summed E-state index contributed by atoms with van der Waals surface area (Å²) in [6.07, 6.45) is 11.7. The molecule has 0 fully saturated rings. The number of aromatic nitrogens is 2. The maximum absolute atomic E-state index is 13.5. The Morgan fingerprint density at radius 2 is 1.70 bits per heavy atom. The van der Waals surface area contributed by atoms with Crippen molar-refractivity contribution in [2.75, 3.05) is 0 Å². The fourth-order valence-electron chi connectivity index (χ4n) is 2.69. The number of halogens is 2. The van der Waals surface area contributed by atoms with Crippen molar-refractivity contribution in [1.82, 2.24) is 9.78 Å².